The van der Waals surface area contributed by atoms with Crippen molar-refractivity contribution in [2.24, 2.45) is 0 Å². The molecule has 0 atom stereocenters. The summed E-state index contributed by atoms with van der Waals surface area (Å²) in [6.45, 7) is 3.98. The Bertz CT molecular complexity index is 411. The second kappa shape index (κ2) is 7.01. The summed E-state index contributed by atoms with van der Waals surface area (Å²) in [5.41, 5.74) is 0.477. The van der Waals surface area contributed by atoms with Gasteiger partial charge in [-0.15, -0.1) is 11.6 Å². The maximum atomic E-state index is 14.1. The summed E-state index contributed by atoms with van der Waals surface area (Å²) >= 11 is 5.60. The van der Waals surface area contributed by atoms with E-state index in [0.29, 0.717) is 30.4 Å². The second-order valence-electron chi connectivity index (χ2n) is 4.56. The lowest BCUT2D eigenvalue weighted by atomic mass is 10.1. The topological polar surface area (TPSA) is 38.2 Å². The summed E-state index contributed by atoms with van der Waals surface area (Å²) in [5.74, 6) is 0.647. The van der Waals surface area contributed by atoms with Crippen LogP contribution in [0.15, 0.2) is 6.33 Å². The molecule has 2 rings (SSSR count). The number of rotatable bonds is 5. The first kappa shape index (κ1) is 14.5. The average Bonchev–Trinajstić information content (AvgIpc) is 2.46. The van der Waals surface area contributed by atoms with Crippen molar-refractivity contribution in [2.45, 2.75) is 32.3 Å². The number of anilines is 1. The molecule has 4 nitrogen and oxygen atoms in total. The monoisotopic (exact) mass is 287 g/mol. The maximum Gasteiger partial charge on any atom is 0.187 e. The van der Waals surface area contributed by atoms with Gasteiger partial charge in [-0.25, -0.2) is 14.4 Å². The number of hydrogen-bond donors (Lipinski definition) is 0. The van der Waals surface area contributed by atoms with E-state index in [0.717, 1.165) is 25.9 Å². The molecule has 0 saturated carbocycles. The van der Waals surface area contributed by atoms with Gasteiger partial charge < -0.3 is 9.64 Å². The molecule has 1 aromatic heterocycles. The maximum absolute atomic E-state index is 14.1. The van der Waals surface area contributed by atoms with Crippen molar-refractivity contribution in [3.8, 4) is 0 Å². The molecular weight excluding hydrogens is 269 g/mol. The zero-order valence-electron chi connectivity index (χ0n) is 11.1. The molecule has 1 fully saturated rings. The molecule has 0 aromatic carbocycles. The van der Waals surface area contributed by atoms with Gasteiger partial charge in [-0.3, -0.25) is 0 Å². The van der Waals surface area contributed by atoms with Gasteiger partial charge in [-0.2, -0.15) is 0 Å². The van der Waals surface area contributed by atoms with Crippen LogP contribution in [0.3, 0.4) is 0 Å². The zero-order chi connectivity index (χ0) is 13.7. The van der Waals surface area contributed by atoms with Crippen LogP contribution in [0.25, 0.3) is 0 Å². The van der Waals surface area contributed by atoms with E-state index < -0.39 is 0 Å². The van der Waals surface area contributed by atoms with Crippen LogP contribution >= 0.6 is 11.6 Å². The molecule has 1 saturated heterocycles. The van der Waals surface area contributed by atoms with Crippen molar-refractivity contribution in [1.29, 1.82) is 0 Å². The molecule has 0 radical (unpaired) electrons. The molecule has 106 valence electrons. The van der Waals surface area contributed by atoms with E-state index >= 15 is 0 Å². The molecule has 0 unspecified atom stereocenters. The summed E-state index contributed by atoms with van der Waals surface area (Å²) in [5, 5.41) is 0. The molecule has 19 heavy (non-hydrogen) atoms. The first-order valence-corrected chi connectivity index (χ1v) is 7.21. The number of piperidine rings is 1. The van der Waals surface area contributed by atoms with Crippen LogP contribution in [0.2, 0.25) is 0 Å². The molecule has 2 heterocycles. The van der Waals surface area contributed by atoms with Crippen molar-refractivity contribution in [3.05, 3.63) is 17.8 Å². The lowest BCUT2D eigenvalue weighted by Crippen LogP contribution is -2.38. The fraction of sp³-hybridized carbons (Fsp3) is 0.692. The molecule has 0 aliphatic carbocycles. The summed E-state index contributed by atoms with van der Waals surface area (Å²) in [6.07, 6.45) is 4.00. The largest absolute Gasteiger partial charge is 0.377 e. The minimum Gasteiger partial charge on any atom is -0.377 e. The van der Waals surface area contributed by atoms with Gasteiger partial charge in [0.25, 0.3) is 0 Å². The summed E-state index contributed by atoms with van der Waals surface area (Å²) in [6, 6.07) is 0. The Hall–Kier alpha value is -0.940. The number of ether oxygens (including phenoxy) is 1. The van der Waals surface area contributed by atoms with Crippen LogP contribution in [0.5, 0.6) is 0 Å². The van der Waals surface area contributed by atoms with E-state index in [9.17, 15) is 4.39 Å². The quantitative estimate of drug-likeness (QED) is 0.780. The predicted octanol–water partition coefficient (Wildman–Crippen LogP) is 2.40. The van der Waals surface area contributed by atoms with E-state index in [1.165, 1.54) is 6.33 Å². The molecule has 0 N–H and O–H groups in total. The lowest BCUT2D eigenvalue weighted by Gasteiger charge is -2.32. The minimum absolute atomic E-state index is 0.227. The summed E-state index contributed by atoms with van der Waals surface area (Å²) in [4.78, 5) is 10.0. The van der Waals surface area contributed by atoms with Crippen LogP contribution in [0, 0.1) is 5.82 Å². The van der Waals surface area contributed by atoms with Crippen LogP contribution in [0.1, 0.15) is 25.5 Å². The highest BCUT2D eigenvalue weighted by Crippen LogP contribution is 2.23. The van der Waals surface area contributed by atoms with Gasteiger partial charge in [0.15, 0.2) is 11.6 Å². The van der Waals surface area contributed by atoms with E-state index in [4.69, 9.17) is 16.3 Å². The number of aryl methyl sites for hydroxylation is 1. The van der Waals surface area contributed by atoms with E-state index in [1.54, 1.807) is 0 Å². The standard InChI is InChI=1S/C13H19ClFN3O/c1-2-11-12(15)13(17-9-16-11)18-6-3-10(4-7-18)19-8-5-14/h9-10H,2-8H2,1H3. The fourth-order valence-electron chi connectivity index (χ4n) is 2.31. The third-order valence-corrected chi connectivity index (χ3v) is 3.50. The van der Waals surface area contributed by atoms with Gasteiger partial charge in [0.05, 0.1) is 18.4 Å². The highest BCUT2D eigenvalue weighted by Gasteiger charge is 2.23. The Morgan fingerprint density at radius 3 is 2.79 bits per heavy atom. The molecule has 0 amide bonds. The van der Waals surface area contributed by atoms with Gasteiger partial charge >= 0.3 is 0 Å². The molecular formula is C13H19ClFN3O. The summed E-state index contributed by atoms with van der Waals surface area (Å²) < 4.78 is 19.7. The Balaban J connectivity index is 1.98. The van der Waals surface area contributed by atoms with E-state index in [1.807, 2.05) is 11.8 Å². The van der Waals surface area contributed by atoms with Crippen LogP contribution in [-0.4, -0.2) is 41.6 Å². The van der Waals surface area contributed by atoms with Gasteiger partial charge in [0.1, 0.15) is 6.33 Å². The third kappa shape index (κ3) is 3.54. The Labute approximate surface area is 117 Å². The number of nitrogens with zero attached hydrogens (tertiary/aromatic N) is 3. The normalized spacial score (nSPS) is 16.9. The first-order chi connectivity index (χ1) is 9.26. The highest BCUT2D eigenvalue weighted by molar-refractivity contribution is 6.17. The first-order valence-electron chi connectivity index (χ1n) is 6.68. The second-order valence-corrected chi connectivity index (χ2v) is 4.94. The van der Waals surface area contributed by atoms with Crippen molar-refractivity contribution in [3.63, 3.8) is 0 Å². The smallest absolute Gasteiger partial charge is 0.187 e. The molecule has 0 bridgehead atoms. The SMILES string of the molecule is CCc1ncnc(N2CCC(OCCCl)CC2)c1F. The predicted molar refractivity (Wildman–Crippen MR) is 73.3 cm³/mol. The van der Waals surface area contributed by atoms with Crippen LogP contribution in [-0.2, 0) is 11.2 Å². The lowest BCUT2D eigenvalue weighted by molar-refractivity contribution is 0.0470. The molecule has 1 aliphatic heterocycles. The number of hydrogen-bond acceptors (Lipinski definition) is 4. The Morgan fingerprint density at radius 2 is 2.16 bits per heavy atom. The number of aromatic nitrogens is 2. The average molecular weight is 288 g/mol. The van der Waals surface area contributed by atoms with Crippen molar-refractivity contribution >= 4 is 17.4 Å². The fourth-order valence-corrected chi connectivity index (χ4v) is 2.40. The van der Waals surface area contributed by atoms with Crippen LogP contribution < -0.4 is 4.90 Å². The van der Waals surface area contributed by atoms with E-state index in [2.05, 4.69) is 9.97 Å². The van der Waals surface area contributed by atoms with Crippen molar-refractivity contribution < 1.29 is 9.13 Å². The van der Waals surface area contributed by atoms with Gasteiger partial charge in [-0.05, 0) is 19.3 Å². The van der Waals surface area contributed by atoms with Crippen molar-refractivity contribution in [2.75, 3.05) is 30.5 Å². The Morgan fingerprint density at radius 1 is 1.42 bits per heavy atom. The Kier molecular flexibility index (Phi) is 5.34. The zero-order valence-corrected chi connectivity index (χ0v) is 11.9. The molecule has 1 aliphatic rings. The minimum atomic E-state index is -0.287. The number of alkyl halides is 1. The highest BCUT2D eigenvalue weighted by atomic mass is 35.5. The number of halogens is 2. The van der Waals surface area contributed by atoms with Gasteiger partial charge in [0, 0.05) is 19.0 Å². The summed E-state index contributed by atoms with van der Waals surface area (Å²) in [7, 11) is 0. The third-order valence-electron chi connectivity index (χ3n) is 3.35. The molecule has 0 spiro atoms. The molecule has 6 heteroatoms. The van der Waals surface area contributed by atoms with Crippen molar-refractivity contribution in [1.82, 2.24) is 9.97 Å². The molecule has 1 aromatic rings. The van der Waals surface area contributed by atoms with Gasteiger partial charge in [-0.1, -0.05) is 6.92 Å². The van der Waals surface area contributed by atoms with Gasteiger partial charge in [0.2, 0.25) is 0 Å². The van der Waals surface area contributed by atoms with Crippen LogP contribution in [0.4, 0.5) is 10.2 Å². The van der Waals surface area contributed by atoms with E-state index in [-0.39, 0.29) is 11.9 Å².